The fourth-order valence-electron chi connectivity index (χ4n) is 1.09. The van der Waals surface area contributed by atoms with E-state index in [0.29, 0.717) is 10.6 Å². The van der Waals surface area contributed by atoms with E-state index in [-0.39, 0.29) is 12.1 Å². The molecule has 0 spiro atoms. The van der Waals surface area contributed by atoms with Crippen molar-refractivity contribution in [1.29, 1.82) is 0 Å². The SMILES string of the molecule is NC[C@@H](N)c1cc(C(=O)O)ccc1Cl. The number of nitrogens with two attached hydrogens (primary N) is 2. The second-order valence-electron chi connectivity index (χ2n) is 2.88. The number of halogens is 1. The van der Waals surface area contributed by atoms with Gasteiger partial charge in [-0.25, -0.2) is 4.79 Å². The van der Waals surface area contributed by atoms with Gasteiger partial charge in [-0.05, 0) is 23.8 Å². The third-order valence-corrected chi connectivity index (χ3v) is 2.24. The first kappa shape index (κ1) is 11.0. The van der Waals surface area contributed by atoms with Gasteiger partial charge < -0.3 is 16.6 Å². The van der Waals surface area contributed by atoms with E-state index in [1.807, 2.05) is 0 Å². The van der Waals surface area contributed by atoms with E-state index < -0.39 is 12.0 Å². The maximum absolute atomic E-state index is 10.7. The summed E-state index contributed by atoms with van der Waals surface area (Å²) in [4.78, 5) is 10.7. The summed E-state index contributed by atoms with van der Waals surface area (Å²) < 4.78 is 0. The lowest BCUT2D eigenvalue weighted by molar-refractivity contribution is 0.0697. The molecule has 0 heterocycles. The van der Waals surface area contributed by atoms with Crippen molar-refractivity contribution in [2.45, 2.75) is 6.04 Å². The highest BCUT2D eigenvalue weighted by molar-refractivity contribution is 6.31. The molecule has 1 aromatic carbocycles. The maximum Gasteiger partial charge on any atom is 0.335 e. The molecule has 0 fully saturated rings. The van der Waals surface area contributed by atoms with Gasteiger partial charge in [0.1, 0.15) is 0 Å². The Balaban J connectivity index is 3.14. The van der Waals surface area contributed by atoms with Crippen molar-refractivity contribution in [2.24, 2.45) is 11.5 Å². The summed E-state index contributed by atoms with van der Waals surface area (Å²) >= 11 is 5.85. The quantitative estimate of drug-likeness (QED) is 0.700. The number of carboxylic acid groups (broad SMARTS) is 1. The van der Waals surface area contributed by atoms with E-state index in [0.717, 1.165) is 0 Å². The number of hydrogen-bond acceptors (Lipinski definition) is 3. The zero-order chi connectivity index (χ0) is 10.7. The van der Waals surface area contributed by atoms with Gasteiger partial charge in [0.25, 0.3) is 0 Å². The first-order valence-corrected chi connectivity index (χ1v) is 4.42. The Hall–Kier alpha value is -1.10. The lowest BCUT2D eigenvalue weighted by atomic mass is 10.0. The van der Waals surface area contributed by atoms with E-state index in [4.69, 9.17) is 28.2 Å². The Morgan fingerprint density at radius 2 is 2.21 bits per heavy atom. The Morgan fingerprint density at radius 3 is 2.71 bits per heavy atom. The molecule has 4 nitrogen and oxygen atoms in total. The maximum atomic E-state index is 10.7. The molecule has 0 bridgehead atoms. The minimum Gasteiger partial charge on any atom is -0.478 e. The van der Waals surface area contributed by atoms with Crippen molar-refractivity contribution in [2.75, 3.05) is 6.54 Å². The summed E-state index contributed by atoms with van der Waals surface area (Å²) in [5.41, 5.74) is 11.8. The highest BCUT2D eigenvalue weighted by Crippen LogP contribution is 2.22. The van der Waals surface area contributed by atoms with Crippen LogP contribution in [0, 0.1) is 0 Å². The van der Waals surface area contributed by atoms with Crippen LogP contribution in [0.5, 0.6) is 0 Å². The van der Waals surface area contributed by atoms with Gasteiger partial charge in [-0.3, -0.25) is 0 Å². The molecule has 5 N–H and O–H groups in total. The Kier molecular flexibility index (Phi) is 3.46. The molecule has 0 aliphatic carbocycles. The zero-order valence-corrected chi connectivity index (χ0v) is 8.16. The van der Waals surface area contributed by atoms with Crippen LogP contribution >= 0.6 is 11.6 Å². The number of rotatable bonds is 3. The van der Waals surface area contributed by atoms with Gasteiger partial charge in [0, 0.05) is 17.6 Å². The predicted molar refractivity (Wildman–Crippen MR) is 54.4 cm³/mol. The standard InChI is InChI=1S/C9H11ClN2O2/c10-7-2-1-5(9(13)14)3-6(7)8(12)4-11/h1-3,8H,4,11-12H2,(H,13,14)/t8-/m1/s1. The molecule has 14 heavy (non-hydrogen) atoms. The second kappa shape index (κ2) is 4.41. The van der Waals surface area contributed by atoms with Crippen LogP contribution in [0.3, 0.4) is 0 Å². The average Bonchev–Trinajstić information content (AvgIpc) is 2.17. The van der Waals surface area contributed by atoms with Crippen molar-refractivity contribution in [3.63, 3.8) is 0 Å². The summed E-state index contributed by atoms with van der Waals surface area (Å²) in [5, 5.41) is 9.18. The van der Waals surface area contributed by atoms with Crippen LogP contribution in [0.4, 0.5) is 0 Å². The van der Waals surface area contributed by atoms with Gasteiger partial charge in [0.05, 0.1) is 5.56 Å². The number of carbonyl (C=O) groups is 1. The van der Waals surface area contributed by atoms with Crippen LogP contribution in [0.25, 0.3) is 0 Å². The van der Waals surface area contributed by atoms with Crippen LogP contribution in [-0.4, -0.2) is 17.6 Å². The van der Waals surface area contributed by atoms with Crippen molar-refractivity contribution in [3.05, 3.63) is 34.3 Å². The number of benzene rings is 1. The first-order chi connectivity index (χ1) is 6.56. The number of hydrogen-bond donors (Lipinski definition) is 3. The van der Waals surface area contributed by atoms with Crippen LogP contribution in [0.1, 0.15) is 22.0 Å². The number of aromatic carboxylic acids is 1. The van der Waals surface area contributed by atoms with Gasteiger partial charge in [-0.15, -0.1) is 0 Å². The molecule has 0 unspecified atom stereocenters. The molecular formula is C9H11ClN2O2. The molecule has 0 amide bonds. The van der Waals surface area contributed by atoms with Crippen LogP contribution < -0.4 is 11.5 Å². The van der Waals surface area contributed by atoms with E-state index >= 15 is 0 Å². The molecule has 1 rings (SSSR count). The lowest BCUT2D eigenvalue weighted by Crippen LogP contribution is -2.21. The van der Waals surface area contributed by atoms with Gasteiger partial charge in [-0.2, -0.15) is 0 Å². The molecule has 76 valence electrons. The lowest BCUT2D eigenvalue weighted by Gasteiger charge is -2.11. The summed E-state index contributed by atoms with van der Waals surface area (Å²) in [5.74, 6) is -1.01. The van der Waals surface area contributed by atoms with Crippen LogP contribution in [-0.2, 0) is 0 Å². The summed E-state index contributed by atoms with van der Waals surface area (Å²) in [6.07, 6.45) is 0. The summed E-state index contributed by atoms with van der Waals surface area (Å²) in [6.45, 7) is 0.225. The normalized spacial score (nSPS) is 12.5. The smallest absolute Gasteiger partial charge is 0.335 e. The van der Waals surface area contributed by atoms with Crippen LogP contribution in [0.15, 0.2) is 18.2 Å². The predicted octanol–water partition coefficient (Wildman–Crippen LogP) is 0.997. The van der Waals surface area contributed by atoms with Gasteiger partial charge in [0.2, 0.25) is 0 Å². The van der Waals surface area contributed by atoms with Crippen LogP contribution in [0.2, 0.25) is 5.02 Å². The molecule has 0 aliphatic heterocycles. The van der Waals surface area contributed by atoms with E-state index in [1.54, 1.807) is 0 Å². The van der Waals surface area contributed by atoms with Crippen molar-refractivity contribution in [1.82, 2.24) is 0 Å². The van der Waals surface area contributed by atoms with Gasteiger partial charge in [-0.1, -0.05) is 11.6 Å². The molecule has 0 aliphatic rings. The monoisotopic (exact) mass is 214 g/mol. The minimum atomic E-state index is -1.01. The summed E-state index contributed by atoms with van der Waals surface area (Å²) in [6, 6.07) is 3.96. The van der Waals surface area contributed by atoms with E-state index in [9.17, 15) is 4.79 Å². The van der Waals surface area contributed by atoms with Gasteiger partial charge in [0.15, 0.2) is 0 Å². The van der Waals surface area contributed by atoms with E-state index in [1.165, 1.54) is 18.2 Å². The topological polar surface area (TPSA) is 89.3 Å². The second-order valence-corrected chi connectivity index (χ2v) is 3.29. The molecular weight excluding hydrogens is 204 g/mol. The zero-order valence-electron chi connectivity index (χ0n) is 7.40. The van der Waals surface area contributed by atoms with Crippen molar-refractivity contribution in [3.8, 4) is 0 Å². The highest BCUT2D eigenvalue weighted by atomic mass is 35.5. The van der Waals surface area contributed by atoms with E-state index in [2.05, 4.69) is 0 Å². The molecule has 0 radical (unpaired) electrons. The third kappa shape index (κ3) is 2.23. The molecule has 0 saturated carbocycles. The van der Waals surface area contributed by atoms with Gasteiger partial charge >= 0.3 is 5.97 Å². The third-order valence-electron chi connectivity index (χ3n) is 1.90. The number of carboxylic acids is 1. The average molecular weight is 215 g/mol. The Morgan fingerprint density at radius 1 is 1.57 bits per heavy atom. The Labute approximate surface area is 86.5 Å². The fraction of sp³-hybridized carbons (Fsp3) is 0.222. The van der Waals surface area contributed by atoms with Crippen molar-refractivity contribution < 1.29 is 9.90 Å². The van der Waals surface area contributed by atoms with Crippen molar-refractivity contribution >= 4 is 17.6 Å². The highest BCUT2D eigenvalue weighted by Gasteiger charge is 2.11. The molecule has 0 aromatic heterocycles. The largest absolute Gasteiger partial charge is 0.478 e. The minimum absolute atomic E-state index is 0.160. The summed E-state index contributed by atoms with van der Waals surface area (Å²) in [7, 11) is 0. The molecule has 1 atom stereocenters. The molecule has 5 heteroatoms. The fourth-order valence-corrected chi connectivity index (χ4v) is 1.35. The molecule has 1 aromatic rings. The Bertz CT molecular complexity index is 355. The first-order valence-electron chi connectivity index (χ1n) is 4.04. The molecule has 0 saturated heterocycles.